The first-order chi connectivity index (χ1) is 10.7. The van der Waals surface area contributed by atoms with E-state index in [9.17, 15) is 4.79 Å². The molecular formula is C19H28N2O. The van der Waals surface area contributed by atoms with Crippen molar-refractivity contribution in [3.8, 4) is 0 Å². The molecule has 3 nitrogen and oxygen atoms in total. The van der Waals surface area contributed by atoms with E-state index in [1.54, 1.807) is 0 Å². The van der Waals surface area contributed by atoms with Gasteiger partial charge < -0.3 is 10.2 Å². The van der Waals surface area contributed by atoms with Gasteiger partial charge in [0.2, 0.25) is 0 Å². The van der Waals surface area contributed by atoms with Gasteiger partial charge in [-0.2, -0.15) is 0 Å². The summed E-state index contributed by atoms with van der Waals surface area (Å²) < 4.78 is 0. The lowest BCUT2D eigenvalue weighted by molar-refractivity contribution is 0.185. The number of hydrogen-bond acceptors (Lipinski definition) is 1. The normalized spacial score (nSPS) is 22.5. The van der Waals surface area contributed by atoms with Gasteiger partial charge in [0.15, 0.2) is 0 Å². The van der Waals surface area contributed by atoms with Gasteiger partial charge in [-0.3, -0.25) is 0 Å². The van der Waals surface area contributed by atoms with Crippen molar-refractivity contribution in [2.75, 3.05) is 11.9 Å². The number of hydrogen-bond donors (Lipinski definition) is 1. The van der Waals surface area contributed by atoms with E-state index in [4.69, 9.17) is 0 Å². The molecule has 2 aliphatic rings. The van der Waals surface area contributed by atoms with E-state index in [-0.39, 0.29) is 6.03 Å². The predicted molar refractivity (Wildman–Crippen MR) is 91.2 cm³/mol. The molecule has 1 N–H and O–H groups in total. The maximum atomic E-state index is 12.8. The maximum absolute atomic E-state index is 12.8. The van der Waals surface area contributed by atoms with Crippen LogP contribution in [0.4, 0.5) is 10.5 Å². The molecule has 2 fully saturated rings. The first kappa shape index (κ1) is 15.4. The van der Waals surface area contributed by atoms with Crippen molar-refractivity contribution >= 4 is 11.7 Å². The minimum atomic E-state index is 0.0995. The summed E-state index contributed by atoms with van der Waals surface area (Å²) in [4.78, 5) is 14.9. The van der Waals surface area contributed by atoms with Gasteiger partial charge in [0.1, 0.15) is 0 Å². The zero-order valence-corrected chi connectivity index (χ0v) is 13.8. The second-order valence-corrected chi connectivity index (χ2v) is 7.12. The highest BCUT2D eigenvalue weighted by molar-refractivity contribution is 5.90. The van der Waals surface area contributed by atoms with Crippen molar-refractivity contribution in [3.05, 3.63) is 29.8 Å². The lowest BCUT2D eigenvalue weighted by atomic mass is 9.96. The first-order valence-electron chi connectivity index (χ1n) is 8.83. The Bertz CT molecular complexity index is 520. The summed E-state index contributed by atoms with van der Waals surface area (Å²) in [5.41, 5.74) is 2.19. The molecule has 1 unspecified atom stereocenters. The quantitative estimate of drug-likeness (QED) is 0.837. The number of benzene rings is 1. The number of anilines is 1. The summed E-state index contributed by atoms with van der Waals surface area (Å²) in [7, 11) is 0. The van der Waals surface area contributed by atoms with Crippen LogP contribution in [0.5, 0.6) is 0 Å². The molecule has 3 heteroatoms. The zero-order chi connectivity index (χ0) is 15.5. The molecule has 1 heterocycles. The number of para-hydroxylation sites is 1. The number of nitrogens with one attached hydrogen (secondary N) is 1. The lowest BCUT2D eigenvalue weighted by Crippen LogP contribution is -2.42. The van der Waals surface area contributed by atoms with Gasteiger partial charge in [0.05, 0.1) is 0 Å². The van der Waals surface area contributed by atoms with Crippen LogP contribution in [-0.2, 0) is 0 Å². The molecule has 3 rings (SSSR count). The molecule has 1 saturated heterocycles. The van der Waals surface area contributed by atoms with Gasteiger partial charge in [-0.05, 0) is 49.1 Å². The van der Waals surface area contributed by atoms with E-state index in [0.717, 1.165) is 24.6 Å². The van der Waals surface area contributed by atoms with E-state index in [2.05, 4.69) is 30.1 Å². The average molecular weight is 300 g/mol. The number of rotatable bonds is 3. The van der Waals surface area contributed by atoms with E-state index in [1.165, 1.54) is 37.7 Å². The van der Waals surface area contributed by atoms with Crippen LogP contribution in [0.25, 0.3) is 0 Å². The van der Waals surface area contributed by atoms with Crippen LogP contribution in [0.15, 0.2) is 24.3 Å². The Labute approximate surface area is 134 Å². The summed E-state index contributed by atoms with van der Waals surface area (Å²) in [6.07, 6.45) is 7.62. The summed E-state index contributed by atoms with van der Waals surface area (Å²) in [5.74, 6) is 1.15. The molecule has 1 aromatic carbocycles. The summed E-state index contributed by atoms with van der Waals surface area (Å²) >= 11 is 0. The van der Waals surface area contributed by atoms with Crippen LogP contribution < -0.4 is 5.32 Å². The number of carbonyl (C=O) groups is 1. The second-order valence-electron chi connectivity index (χ2n) is 7.12. The Morgan fingerprint density at radius 3 is 2.59 bits per heavy atom. The summed E-state index contributed by atoms with van der Waals surface area (Å²) in [6, 6.07) is 8.74. The minimum absolute atomic E-state index is 0.0995. The van der Waals surface area contributed by atoms with Gasteiger partial charge in [-0.15, -0.1) is 0 Å². The smallest absolute Gasteiger partial charge is 0.321 e. The topological polar surface area (TPSA) is 32.3 Å². The number of carbonyl (C=O) groups excluding carboxylic acids is 1. The van der Waals surface area contributed by atoms with Crippen LogP contribution in [0.1, 0.15) is 63.9 Å². The van der Waals surface area contributed by atoms with Gasteiger partial charge in [-0.1, -0.05) is 44.9 Å². The predicted octanol–water partition coefficient (Wildman–Crippen LogP) is 5.00. The molecule has 0 spiro atoms. The van der Waals surface area contributed by atoms with Crippen molar-refractivity contribution < 1.29 is 4.79 Å². The minimum Gasteiger partial charge on any atom is -0.321 e. The summed E-state index contributed by atoms with van der Waals surface area (Å²) in [6.45, 7) is 5.25. The van der Waals surface area contributed by atoms with Crippen molar-refractivity contribution in [2.24, 2.45) is 5.92 Å². The highest BCUT2D eigenvalue weighted by Crippen LogP contribution is 2.36. The van der Waals surface area contributed by atoms with Crippen molar-refractivity contribution in [1.82, 2.24) is 4.90 Å². The van der Waals surface area contributed by atoms with Crippen LogP contribution in [-0.4, -0.2) is 23.5 Å². The monoisotopic (exact) mass is 300 g/mol. The highest BCUT2D eigenvalue weighted by Gasteiger charge is 2.36. The maximum Gasteiger partial charge on any atom is 0.322 e. The van der Waals surface area contributed by atoms with Gasteiger partial charge in [0.25, 0.3) is 0 Å². The molecule has 120 valence electrons. The lowest BCUT2D eigenvalue weighted by Gasteiger charge is -2.30. The molecule has 1 aromatic rings. The SMILES string of the molecule is CC(C)c1ccccc1NC(=O)N1CCCC1C1CCCC1. The van der Waals surface area contributed by atoms with Crippen LogP contribution in [0, 0.1) is 5.92 Å². The molecule has 2 amide bonds. The fourth-order valence-electron chi connectivity index (χ4n) is 4.18. The summed E-state index contributed by atoms with van der Waals surface area (Å²) in [5, 5.41) is 3.17. The number of likely N-dealkylation sites (tertiary alicyclic amines) is 1. The zero-order valence-electron chi connectivity index (χ0n) is 13.8. The Hall–Kier alpha value is -1.51. The third kappa shape index (κ3) is 3.13. The van der Waals surface area contributed by atoms with E-state index >= 15 is 0 Å². The van der Waals surface area contributed by atoms with Gasteiger partial charge in [-0.25, -0.2) is 4.79 Å². The van der Waals surface area contributed by atoms with Crippen molar-refractivity contribution in [3.63, 3.8) is 0 Å². The number of amides is 2. The molecule has 22 heavy (non-hydrogen) atoms. The molecule has 0 bridgehead atoms. The van der Waals surface area contributed by atoms with Crippen LogP contribution in [0.2, 0.25) is 0 Å². The molecule has 0 radical (unpaired) electrons. The van der Waals surface area contributed by atoms with Crippen LogP contribution in [0.3, 0.4) is 0 Å². The Kier molecular flexibility index (Phi) is 4.70. The number of nitrogens with zero attached hydrogens (tertiary/aromatic N) is 1. The van der Waals surface area contributed by atoms with Crippen LogP contribution >= 0.6 is 0 Å². The van der Waals surface area contributed by atoms with Crippen molar-refractivity contribution in [1.29, 1.82) is 0 Å². The fraction of sp³-hybridized carbons (Fsp3) is 0.632. The highest BCUT2D eigenvalue weighted by atomic mass is 16.2. The molecule has 1 atom stereocenters. The molecule has 1 aliphatic carbocycles. The third-order valence-corrected chi connectivity index (χ3v) is 5.33. The molecular weight excluding hydrogens is 272 g/mol. The Morgan fingerprint density at radius 1 is 1.14 bits per heavy atom. The Morgan fingerprint density at radius 2 is 1.86 bits per heavy atom. The van der Waals surface area contributed by atoms with Gasteiger partial charge in [0, 0.05) is 18.3 Å². The second kappa shape index (κ2) is 6.72. The van der Waals surface area contributed by atoms with E-state index in [0.29, 0.717) is 12.0 Å². The van der Waals surface area contributed by atoms with E-state index < -0.39 is 0 Å². The molecule has 1 aliphatic heterocycles. The molecule has 1 saturated carbocycles. The van der Waals surface area contributed by atoms with Gasteiger partial charge >= 0.3 is 6.03 Å². The number of urea groups is 1. The fourth-order valence-corrected chi connectivity index (χ4v) is 4.18. The molecule has 0 aromatic heterocycles. The van der Waals surface area contributed by atoms with Crippen molar-refractivity contribution in [2.45, 2.75) is 64.3 Å². The standard InChI is InChI=1S/C19H28N2O/c1-14(2)16-10-5-6-11-17(16)20-19(22)21-13-7-12-18(21)15-8-3-4-9-15/h5-6,10-11,14-15,18H,3-4,7-9,12-13H2,1-2H3,(H,20,22). The van der Waals surface area contributed by atoms with E-state index in [1.807, 2.05) is 18.2 Å². The first-order valence-corrected chi connectivity index (χ1v) is 8.83. The third-order valence-electron chi connectivity index (χ3n) is 5.33. The largest absolute Gasteiger partial charge is 0.322 e. The Balaban J connectivity index is 1.71. The average Bonchev–Trinajstić information content (AvgIpc) is 3.18.